The van der Waals surface area contributed by atoms with E-state index in [-0.39, 0.29) is 24.5 Å². The van der Waals surface area contributed by atoms with E-state index in [2.05, 4.69) is 12.2 Å². The van der Waals surface area contributed by atoms with E-state index in [4.69, 9.17) is 4.74 Å². The Kier molecular flexibility index (Phi) is 6.35. The molecule has 0 spiro atoms. The van der Waals surface area contributed by atoms with Crippen LogP contribution in [-0.2, 0) is 14.3 Å². The highest BCUT2D eigenvalue weighted by Crippen LogP contribution is 2.19. The standard InChI is InChI=1S/C18H24N2O4/c1-3-16-6-4-5-11-20(16)17(22)12-24-18(23)14-7-9-15(10-8-14)19-13(2)21/h7-10,16H,3-6,11-12H2,1-2H3,(H,19,21)/t16-/m1/s1. The second kappa shape index (κ2) is 8.47. The quantitative estimate of drug-likeness (QED) is 0.841. The molecule has 1 atom stereocenters. The molecule has 0 unspecified atom stereocenters. The zero-order chi connectivity index (χ0) is 17.5. The van der Waals surface area contributed by atoms with Gasteiger partial charge in [0.1, 0.15) is 0 Å². The highest BCUT2D eigenvalue weighted by molar-refractivity contribution is 5.93. The second-order valence-corrected chi connectivity index (χ2v) is 5.98. The summed E-state index contributed by atoms with van der Waals surface area (Å²) in [6, 6.07) is 6.62. The summed E-state index contributed by atoms with van der Waals surface area (Å²) in [6.45, 7) is 3.99. The Morgan fingerprint density at radius 2 is 1.92 bits per heavy atom. The van der Waals surface area contributed by atoms with Crippen molar-refractivity contribution < 1.29 is 19.1 Å². The Balaban J connectivity index is 1.87. The lowest BCUT2D eigenvalue weighted by Gasteiger charge is -2.35. The predicted octanol–water partition coefficient (Wildman–Crippen LogP) is 2.59. The van der Waals surface area contributed by atoms with Gasteiger partial charge in [0.2, 0.25) is 5.91 Å². The van der Waals surface area contributed by atoms with Crippen molar-refractivity contribution in [2.75, 3.05) is 18.5 Å². The number of anilines is 1. The van der Waals surface area contributed by atoms with Gasteiger partial charge in [-0.1, -0.05) is 6.92 Å². The molecule has 1 aromatic rings. The van der Waals surface area contributed by atoms with Gasteiger partial charge >= 0.3 is 5.97 Å². The summed E-state index contributed by atoms with van der Waals surface area (Å²) in [5, 5.41) is 2.62. The highest BCUT2D eigenvalue weighted by Gasteiger charge is 2.26. The summed E-state index contributed by atoms with van der Waals surface area (Å²) in [6.07, 6.45) is 4.08. The molecule has 130 valence electrons. The highest BCUT2D eigenvalue weighted by atomic mass is 16.5. The summed E-state index contributed by atoms with van der Waals surface area (Å²) in [7, 11) is 0. The molecule has 1 aromatic carbocycles. The molecule has 24 heavy (non-hydrogen) atoms. The van der Waals surface area contributed by atoms with Crippen molar-refractivity contribution in [2.45, 2.75) is 45.6 Å². The lowest BCUT2D eigenvalue weighted by atomic mass is 10.00. The maximum absolute atomic E-state index is 12.3. The number of nitrogens with one attached hydrogen (secondary N) is 1. The fourth-order valence-corrected chi connectivity index (χ4v) is 2.94. The van der Waals surface area contributed by atoms with E-state index in [0.717, 1.165) is 32.2 Å². The van der Waals surface area contributed by atoms with Crippen molar-refractivity contribution >= 4 is 23.5 Å². The van der Waals surface area contributed by atoms with E-state index in [0.29, 0.717) is 11.3 Å². The minimum absolute atomic E-state index is 0.134. The Labute approximate surface area is 142 Å². The smallest absolute Gasteiger partial charge is 0.338 e. The number of esters is 1. The molecule has 2 amide bonds. The van der Waals surface area contributed by atoms with Gasteiger partial charge in [0.15, 0.2) is 6.61 Å². The maximum Gasteiger partial charge on any atom is 0.338 e. The molecule has 6 nitrogen and oxygen atoms in total. The molecule has 0 aromatic heterocycles. The third-order valence-electron chi connectivity index (χ3n) is 4.19. The van der Waals surface area contributed by atoms with Crippen molar-refractivity contribution in [3.05, 3.63) is 29.8 Å². The normalized spacial score (nSPS) is 17.2. The first-order valence-corrected chi connectivity index (χ1v) is 8.35. The van der Waals surface area contributed by atoms with E-state index >= 15 is 0 Å². The Hall–Kier alpha value is -2.37. The maximum atomic E-state index is 12.3. The molecule has 0 aliphatic carbocycles. The largest absolute Gasteiger partial charge is 0.452 e. The number of nitrogens with zero attached hydrogens (tertiary/aromatic N) is 1. The molecule has 0 saturated carbocycles. The van der Waals surface area contributed by atoms with Crippen molar-refractivity contribution in [1.82, 2.24) is 4.90 Å². The molecule has 6 heteroatoms. The molecule has 0 radical (unpaired) electrons. The monoisotopic (exact) mass is 332 g/mol. The van der Waals surface area contributed by atoms with Crippen molar-refractivity contribution in [3.63, 3.8) is 0 Å². The van der Waals surface area contributed by atoms with Crippen molar-refractivity contribution in [1.29, 1.82) is 0 Å². The molecule has 1 aliphatic heterocycles. The molecule has 0 bridgehead atoms. The number of hydrogen-bond donors (Lipinski definition) is 1. The van der Waals surface area contributed by atoms with Gasteiger partial charge < -0.3 is 15.0 Å². The van der Waals surface area contributed by atoms with Gasteiger partial charge in [-0.05, 0) is 49.9 Å². The van der Waals surface area contributed by atoms with Gasteiger partial charge in [0.05, 0.1) is 5.56 Å². The predicted molar refractivity (Wildman–Crippen MR) is 90.7 cm³/mol. The SMILES string of the molecule is CC[C@@H]1CCCCN1C(=O)COC(=O)c1ccc(NC(C)=O)cc1. The summed E-state index contributed by atoms with van der Waals surface area (Å²) < 4.78 is 5.14. The van der Waals surface area contributed by atoms with Gasteiger partial charge in [-0.25, -0.2) is 4.79 Å². The molecule has 1 N–H and O–H groups in total. The van der Waals surface area contributed by atoms with Gasteiger partial charge in [0.25, 0.3) is 5.91 Å². The van der Waals surface area contributed by atoms with Gasteiger partial charge in [-0.15, -0.1) is 0 Å². The lowest BCUT2D eigenvalue weighted by molar-refractivity contribution is -0.138. The van der Waals surface area contributed by atoms with E-state index < -0.39 is 5.97 Å². The van der Waals surface area contributed by atoms with Crippen molar-refractivity contribution in [3.8, 4) is 0 Å². The minimum Gasteiger partial charge on any atom is -0.452 e. The van der Waals surface area contributed by atoms with E-state index in [1.54, 1.807) is 24.3 Å². The molecule has 2 rings (SSSR count). The van der Waals surface area contributed by atoms with Crippen LogP contribution >= 0.6 is 0 Å². The van der Waals surface area contributed by atoms with E-state index in [9.17, 15) is 14.4 Å². The lowest BCUT2D eigenvalue weighted by Crippen LogP contribution is -2.45. The van der Waals surface area contributed by atoms with Gasteiger partial charge in [-0.3, -0.25) is 9.59 Å². The summed E-state index contributed by atoms with van der Waals surface area (Å²) in [5.41, 5.74) is 0.955. The van der Waals surface area contributed by atoms with Crippen molar-refractivity contribution in [2.24, 2.45) is 0 Å². The van der Waals surface area contributed by atoms with Crippen LogP contribution in [-0.4, -0.2) is 41.9 Å². The minimum atomic E-state index is -0.539. The van der Waals surface area contributed by atoms with Crippen LogP contribution in [0.5, 0.6) is 0 Å². The third kappa shape index (κ3) is 4.81. The van der Waals surface area contributed by atoms with Crippen LogP contribution in [0.15, 0.2) is 24.3 Å². The first-order valence-electron chi connectivity index (χ1n) is 8.35. The number of hydrogen-bond acceptors (Lipinski definition) is 4. The van der Waals surface area contributed by atoms with Crippen LogP contribution in [0.2, 0.25) is 0 Å². The Morgan fingerprint density at radius 3 is 2.54 bits per heavy atom. The first-order chi connectivity index (χ1) is 11.5. The molecule has 1 heterocycles. The third-order valence-corrected chi connectivity index (χ3v) is 4.19. The van der Waals surface area contributed by atoms with Crippen LogP contribution in [0.4, 0.5) is 5.69 Å². The van der Waals surface area contributed by atoms with Gasteiger partial charge in [-0.2, -0.15) is 0 Å². The number of carbonyl (C=O) groups excluding carboxylic acids is 3. The number of amides is 2. The van der Waals surface area contributed by atoms with Crippen LogP contribution in [0, 0.1) is 0 Å². The Bertz CT molecular complexity index is 598. The van der Waals surface area contributed by atoms with E-state index in [1.807, 2.05) is 4.90 Å². The number of benzene rings is 1. The number of carbonyl (C=O) groups is 3. The molecule has 1 saturated heterocycles. The number of likely N-dealkylation sites (tertiary alicyclic amines) is 1. The number of piperidine rings is 1. The van der Waals surface area contributed by atoms with Crippen LogP contribution in [0.1, 0.15) is 49.9 Å². The summed E-state index contributed by atoms with van der Waals surface area (Å²) in [5.74, 6) is -0.851. The topological polar surface area (TPSA) is 75.7 Å². The summed E-state index contributed by atoms with van der Waals surface area (Å²) in [4.78, 5) is 37.1. The molecular formula is C18H24N2O4. The van der Waals surface area contributed by atoms with E-state index in [1.165, 1.54) is 6.92 Å². The average molecular weight is 332 g/mol. The summed E-state index contributed by atoms with van der Waals surface area (Å²) >= 11 is 0. The first kappa shape index (κ1) is 18.0. The number of rotatable bonds is 5. The van der Waals surface area contributed by atoms with Crippen LogP contribution in [0.3, 0.4) is 0 Å². The van der Waals surface area contributed by atoms with Crippen LogP contribution in [0.25, 0.3) is 0 Å². The fraction of sp³-hybridized carbons (Fsp3) is 0.500. The fourth-order valence-electron chi connectivity index (χ4n) is 2.94. The second-order valence-electron chi connectivity index (χ2n) is 5.98. The molecular weight excluding hydrogens is 308 g/mol. The average Bonchev–Trinajstić information content (AvgIpc) is 2.59. The van der Waals surface area contributed by atoms with Crippen LogP contribution < -0.4 is 5.32 Å². The number of ether oxygens (including phenoxy) is 1. The molecule has 1 fully saturated rings. The zero-order valence-electron chi connectivity index (χ0n) is 14.2. The molecule has 1 aliphatic rings. The van der Waals surface area contributed by atoms with Gasteiger partial charge in [0, 0.05) is 25.2 Å². The zero-order valence-corrected chi connectivity index (χ0v) is 14.2. The Morgan fingerprint density at radius 1 is 1.21 bits per heavy atom.